The van der Waals surface area contributed by atoms with E-state index in [4.69, 9.17) is 0 Å². The molecule has 0 saturated carbocycles. The predicted molar refractivity (Wildman–Crippen MR) is 78.2 cm³/mol. The minimum atomic E-state index is 0.0213. The van der Waals surface area contributed by atoms with Gasteiger partial charge in [-0.1, -0.05) is 0 Å². The van der Waals surface area contributed by atoms with Crippen molar-refractivity contribution >= 4 is 35.7 Å². The Labute approximate surface area is 122 Å². The van der Waals surface area contributed by atoms with Gasteiger partial charge < -0.3 is 5.32 Å². The molecular formula is C11H20N4O2S2. The lowest BCUT2D eigenvalue weighted by Gasteiger charge is -2.34. The topological polar surface area (TPSA) is 55.9 Å². The first-order chi connectivity index (χ1) is 9.11. The van der Waals surface area contributed by atoms with Gasteiger partial charge in [0.25, 0.3) is 5.91 Å². The summed E-state index contributed by atoms with van der Waals surface area (Å²) in [5.74, 6) is 2.05. The summed E-state index contributed by atoms with van der Waals surface area (Å²) < 4.78 is 2.00. The second-order valence-corrected chi connectivity index (χ2v) is 6.87. The van der Waals surface area contributed by atoms with Crippen molar-refractivity contribution in [2.75, 3.05) is 38.2 Å². The number of rotatable bonds is 3. The van der Waals surface area contributed by atoms with Gasteiger partial charge in [-0.15, -0.1) is 3.82 Å². The van der Waals surface area contributed by atoms with Crippen LogP contribution in [0.2, 0.25) is 0 Å². The molecule has 2 aliphatic rings. The molecule has 19 heavy (non-hydrogen) atoms. The van der Waals surface area contributed by atoms with Gasteiger partial charge in [-0.25, -0.2) is 0 Å². The number of nitrogens with one attached hydrogen (secondary N) is 1. The Bertz CT molecular complexity index is 356. The van der Waals surface area contributed by atoms with Crippen molar-refractivity contribution in [3.63, 3.8) is 0 Å². The number of amides is 2. The Morgan fingerprint density at radius 2 is 2.05 bits per heavy atom. The summed E-state index contributed by atoms with van der Waals surface area (Å²) >= 11 is 3.37. The van der Waals surface area contributed by atoms with E-state index in [1.165, 1.54) is 0 Å². The Balaban J connectivity index is 1.95. The highest BCUT2D eigenvalue weighted by atomic mass is 32.2. The monoisotopic (exact) mass is 304 g/mol. The molecule has 1 N–H and O–H groups in total. The molecule has 0 aliphatic carbocycles. The average Bonchev–Trinajstić information content (AvgIpc) is 2.82. The quantitative estimate of drug-likeness (QED) is 0.751. The van der Waals surface area contributed by atoms with Crippen molar-refractivity contribution in [3.8, 4) is 0 Å². The highest BCUT2D eigenvalue weighted by Gasteiger charge is 2.32. The van der Waals surface area contributed by atoms with Crippen LogP contribution in [-0.2, 0) is 9.59 Å². The highest BCUT2D eigenvalue weighted by Crippen LogP contribution is 2.31. The van der Waals surface area contributed by atoms with Gasteiger partial charge in [-0.05, 0) is 30.8 Å². The normalized spacial score (nSPS) is 23.7. The van der Waals surface area contributed by atoms with Crippen LogP contribution < -0.4 is 5.32 Å². The minimum absolute atomic E-state index is 0.0213. The molecule has 108 valence electrons. The first kappa shape index (κ1) is 15.0. The molecule has 2 rings (SSSR count). The van der Waals surface area contributed by atoms with Gasteiger partial charge in [0.15, 0.2) is 0 Å². The Morgan fingerprint density at radius 3 is 2.74 bits per heavy atom. The molecule has 0 bridgehead atoms. The van der Waals surface area contributed by atoms with E-state index in [-0.39, 0.29) is 17.9 Å². The van der Waals surface area contributed by atoms with Crippen LogP contribution in [0.3, 0.4) is 0 Å². The molecule has 2 heterocycles. The van der Waals surface area contributed by atoms with E-state index in [1.54, 1.807) is 30.9 Å². The maximum Gasteiger partial charge on any atom is 0.252 e. The zero-order chi connectivity index (χ0) is 13.8. The standard InChI is InChI=1S/C11H20N4O2S2/c1-9(7-10(16)12-2)13-3-5-18-15-14(4-6-19-15)11(17)8-13/h9H,3-8H2,1-2H3,(H,12,16)/t9-/m1/s1. The third kappa shape index (κ3) is 3.77. The Morgan fingerprint density at radius 1 is 1.37 bits per heavy atom. The van der Waals surface area contributed by atoms with E-state index < -0.39 is 0 Å². The van der Waals surface area contributed by atoms with E-state index in [9.17, 15) is 9.59 Å². The molecule has 0 unspecified atom stereocenters. The zero-order valence-corrected chi connectivity index (χ0v) is 12.9. The second-order valence-electron chi connectivity index (χ2n) is 4.62. The van der Waals surface area contributed by atoms with Crippen LogP contribution in [0.5, 0.6) is 0 Å². The third-order valence-corrected chi connectivity index (χ3v) is 5.49. The van der Waals surface area contributed by atoms with Crippen LogP contribution >= 0.6 is 23.9 Å². The number of hydrogen-bond acceptors (Lipinski definition) is 6. The van der Waals surface area contributed by atoms with Crippen LogP contribution in [-0.4, -0.2) is 69.8 Å². The summed E-state index contributed by atoms with van der Waals surface area (Å²) in [4.78, 5) is 25.8. The van der Waals surface area contributed by atoms with E-state index >= 15 is 0 Å². The average molecular weight is 304 g/mol. The number of nitrogens with zero attached hydrogens (tertiary/aromatic N) is 3. The summed E-state index contributed by atoms with van der Waals surface area (Å²) in [7, 11) is 1.64. The van der Waals surface area contributed by atoms with Crippen LogP contribution in [0.25, 0.3) is 0 Å². The number of hydrogen-bond donors (Lipinski definition) is 1. The Kier molecular flexibility index (Phi) is 5.37. The van der Waals surface area contributed by atoms with Gasteiger partial charge in [0.05, 0.1) is 6.54 Å². The van der Waals surface area contributed by atoms with Gasteiger partial charge >= 0.3 is 0 Å². The summed E-state index contributed by atoms with van der Waals surface area (Å²) in [5, 5.41) is 4.45. The van der Waals surface area contributed by atoms with Gasteiger partial charge in [0.2, 0.25) is 5.91 Å². The zero-order valence-electron chi connectivity index (χ0n) is 11.3. The van der Waals surface area contributed by atoms with Crippen molar-refractivity contribution in [1.82, 2.24) is 19.0 Å². The van der Waals surface area contributed by atoms with Crippen molar-refractivity contribution in [2.45, 2.75) is 19.4 Å². The third-order valence-electron chi connectivity index (χ3n) is 3.29. The van der Waals surface area contributed by atoms with E-state index in [0.29, 0.717) is 13.0 Å². The molecular weight excluding hydrogens is 284 g/mol. The molecule has 0 aromatic carbocycles. The summed E-state index contributed by atoms with van der Waals surface area (Å²) in [5.41, 5.74) is 0. The van der Waals surface area contributed by atoms with Gasteiger partial charge in [0, 0.05) is 44.1 Å². The highest BCUT2D eigenvalue weighted by molar-refractivity contribution is 8.12. The molecule has 2 amide bonds. The van der Waals surface area contributed by atoms with Crippen molar-refractivity contribution in [1.29, 1.82) is 0 Å². The molecule has 8 heteroatoms. The molecule has 1 atom stereocenters. The first-order valence-electron chi connectivity index (χ1n) is 6.42. The van der Waals surface area contributed by atoms with Crippen LogP contribution in [0.15, 0.2) is 0 Å². The van der Waals surface area contributed by atoms with E-state index in [1.807, 2.05) is 15.8 Å². The largest absolute Gasteiger partial charge is 0.359 e. The second kappa shape index (κ2) is 6.83. The minimum Gasteiger partial charge on any atom is -0.359 e. The fourth-order valence-electron chi connectivity index (χ4n) is 2.13. The van der Waals surface area contributed by atoms with Crippen LogP contribution in [0.4, 0.5) is 0 Å². The molecule has 0 radical (unpaired) electrons. The van der Waals surface area contributed by atoms with Crippen molar-refractivity contribution in [3.05, 3.63) is 0 Å². The van der Waals surface area contributed by atoms with E-state index in [0.717, 1.165) is 24.6 Å². The van der Waals surface area contributed by atoms with Crippen molar-refractivity contribution in [2.24, 2.45) is 0 Å². The fourth-order valence-corrected chi connectivity index (χ4v) is 4.38. The number of carbonyl (C=O) groups excluding carboxylic acids is 2. The maximum atomic E-state index is 12.2. The number of fused-ring (bicyclic) bond motifs is 1. The molecule has 2 saturated heterocycles. The van der Waals surface area contributed by atoms with Gasteiger partial charge in [0.1, 0.15) is 0 Å². The number of carbonyl (C=O) groups is 2. The van der Waals surface area contributed by atoms with E-state index in [2.05, 4.69) is 10.2 Å². The Hall–Kier alpha value is -0.440. The lowest BCUT2D eigenvalue weighted by atomic mass is 10.2. The maximum absolute atomic E-state index is 12.2. The first-order valence-corrected chi connectivity index (χ1v) is 8.31. The predicted octanol–water partition coefficient (Wildman–Crippen LogP) is 0.182. The van der Waals surface area contributed by atoms with Gasteiger partial charge in [-0.3, -0.25) is 19.5 Å². The van der Waals surface area contributed by atoms with Crippen LogP contribution in [0, 0.1) is 0 Å². The van der Waals surface area contributed by atoms with Crippen LogP contribution in [0.1, 0.15) is 13.3 Å². The number of hydrazine groups is 1. The molecule has 0 aromatic rings. The summed E-state index contributed by atoms with van der Waals surface area (Å²) in [6.45, 7) is 4.02. The van der Waals surface area contributed by atoms with Crippen molar-refractivity contribution < 1.29 is 9.59 Å². The summed E-state index contributed by atoms with van der Waals surface area (Å²) in [6, 6.07) is 0.0892. The molecule has 6 nitrogen and oxygen atoms in total. The molecule has 2 fully saturated rings. The molecule has 0 spiro atoms. The summed E-state index contributed by atoms with van der Waals surface area (Å²) in [6.07, 6.45) is 0.437. The molecule has 2 aliphatic heterocycles. The molecule has 0 aromatic heterocycles. The van der Waals surface area contributed by atoms with Gasteiger partial charge in [-0.2, -0.15) is 0 Å². The fraction of sp³-hybridized carbons (Fsp3) is 0.818. The SMILES string of the molecule is CNC(=O)C[C@@H](C)N1CCSN2SCCN2C(=O)C1. The lowest BCUT2D eigenvalue weighted by Crippen LogP contribution is -2.49. The lowest BCUT2D eigenvalue weighted by molar-refractivity contribution is -0.138. The smallest absolute Gasteiger partial charge is 0.252 e.